The molecule has 3 nitrogen and oxygen atoms in total. The normalized spacial score (nSPS) is 11.4. The maximum absolute atomic E-state index is 6.66. The van der Waals surface area contributed by atoms with Gasteiger partial charge >= 0.3 is 0 Å². The topological polar surface area (TPSA) is 19.6 Å². The van der Waals surface area contributed by atoms with Crippen LogP contribution in [0.5, 0.6) is 0 Å². The monoisotopic (exact) mass is 760 g/mol. The molecule has 9 aromatic carbocycles. The lowest BCUT2D eigenvalue weighted by atomic mass is 9.99. The van der Waals surface area contributed by atoms with Crippen molar-refractivity contribution in [1.29, 1.82) is 0 Å². The van der Waals surface area contributed by atoms with Gasteiger partial charge in [0.15, 0.2) is 0 Å². The van der Waals surface area contributed by atoms with Crippen LogP contribution >= 0.6 is 11.3 Å². The van der Waals surface area contributed by atoms with Crippen LogP contribution in [0.25, 0.3) is 64.4 Å². The van der Waals surface area contributed by atoms with Crippen LogP contribution in [-0.4, -0.2) is 0 Å². The summed E-state index contributed by atoms with van der Waals surface area (Å²) in [6.07, 6.45) is 0. The van der Waals surface area contributed by atoms with Crippen molar-refractivity contribution >= 4 is 87.6 Å². The maximum atomic E-state index is 6.66. The maximum Gasteiger partial charge on any atom is 0.137 e. The number of rotatable bonds is 8. The third-order valence-electron chi connectivity index (χ3n) is 11.0. The minimum Gasteiger partial charge on any atom is -0.456 e. The molecule has 0 aliphatic heterocycles. The van der Waals surface area contributed by atoms with Crippen LogP contribution in [-0.2, 0) is 0 Å². The number of hydrogen-bond acceptors (Lipinski definition) is 4. The molecule has 2 aromatic heterocycles. The van der Waals surface area contributed by atoms with Gasteiger partial charge in [-0.25, -0.2) is 0 Å². The molecule has 0 aliphatic carbocycles. The molecule has 0 amide bonds. The minimum atomic E-state index is 0.845. The van der Waals surface area contributed by atoms with E-state index in [4.69, 9.17) is 4.42 Å². The molecular weight excluding hydrogens is 725 g/mol. The van der Waals surface area contributed by atoms with Gasteiger partial charge in [0, 0.05) is 71.1 Å². The molecule has 0 saturated carbocycles. The van der Waals surface area contributed by atoms with E-state index < -0.39 is 0 Å². The molecule has 274 valence electrons. The van der Waals surface area contributed by atoms with Crippen LogP contribution in [0.15, 0.2) is 223 Å². The third kappa shape index (κ3) is 5.99. The van der Waals surface area contributed by atoms with E-state index in [1.54, 1.807) is 0 Å². The fraction of sp³-hybridized carbons (Fsp3) is 0. The average molecular weight is 761 g/mol. The fourth-order valence-electron chi connectivity index (χ4n) is 8.33. The number of benzene rings is 9. The van der Waals surface area contributed by atoms with E-state index in [1.165, 1.54) is 42.4 Å². The van der Waals surface area contributed by atoms with Crippen molar-refractivity contribution < 1.29 is 4.42 Å². The summed E-state index contributed by atoms with van der Waals surface area (Å²) in [7, 11) is 0. The quantitative estimate of drug-likeness (QED) is 0.154. The molecule has 0 aliphatic rings. The number of anilines is 6. The molecule has 0 bridgehead atoms. The Hall–Kier alpha value is -7.40. The first-order valence-electron chi connectivity index (χ1n) is 19.6. The van der Waals surface area contributed by atoms with Crippen LogP contribution in [0, 0.1) is 0 Å². The van der Waals surface area contributed by atoms with Gasteiger partial charge in [-0.1, -0.05) is 121 Å². The van der Waals surface area contributed by atoms with Gasteiger partial charge < -0.3 is 14.2 Å². The number of furan rings is 1. The minimum absolute atomic E-state index is 0.845. The molecule has 0 fully saturated rings. The molecule has 58 heavy (non-hydrogen) atoms. The summed E-state index contributed by atoms with van der Waals surface area (Å²) in [4.78, 5) is 4.65. The van der Waals surface area contributed by atoms with Crippen molar-refractivity contribution in [2.45, 2.75) is 0 Å². The summed E-state index contributed by atoms with van der Waals surface area (Å²) >= 11 is 1.85. The van der Waals surface area contributed by atoms with E-state index >= 15 is 0 Å². The summed E-state index contributed by atoms with van der Waals surface area (Å²) in [5, 5.41) is 4.70. The average Bonchev–Trinajstić information content (AvgIpc) is 3.86. The second-order valence-corrected chi connectivity index (χ2v) is 15.6. The molecule has 0 unspecified atom stereocenters. The van der Waals surface area contributed by atoms with Crippen LogP contribution < -0.4 is 9.80 Å². The van der Waals surface area contributed by atoms with Crippen molar-refractivity contribution in [3.63, 3.8) is 0 Å². The summed E-state index contributed by atoms with van der Waals surface area (Å²) in [6, 6.07) is 77.9. The van der Waals surface area contributed by atoms with Gasteiger partial charge in [-0.05, 0) is 113 Å². The molecule has 11 rings (SSSR count). The zero-order chi connectivity index (χ0) is 38.4. The van der Waals surface area contributed by atoms with Crippen LogP contribution in [0.1, 0.15) is 0 Å². The fourth-order valence-corrected chi connectivity index (χ4v) is 9.44. The van der Waals surface area contributed by atoms with E-state index in [0.717, 1.165) is 56.1 Å². The zero-order valence-corrected chi connectivity index (χ0v) is 32.3. The molecular formula is C54H36N2OS. The van der Waals surface area contributed by atoms with Gasteiger partial charge in [-0.15, -0.1) is 11.3 Å². The van der Waals surface area contributed by atoms with Crippen molar-refractivity contribution in [2.24, 2.45) is 0 Å². The first-order chi connectivity index (χ1) is 28.7. The van der Waals surface area contributed by atoms with Crippen LogP contribution in [0.3, 0.4) is 0 Å². The predicted octanol–water partition coefficient (Wildman–Crippen LogP) is 16.2. The van der Waals surface area contributed by atoms with Gasteiger partial charge in [-0.3, -0.25) is 0 Å². The van der Waals surface area contributed by atoms with Gasteiger partial charge in [0.2, 0.25) is 0 Å². The molecule has 0 atom stereocenters. The SMILES string of the molecule is c1ccc(-c2ccc(N(c3ccccc3)c3ccc4oc5cc(N(c6ccccc6)c6ccc7sc8cccc(-c9ccccc9)c8c7c6)ccc5c4c3)cc2)cc1. The highest BCUT2D eigenvalue weighted by Crippen LogP contribution is 2.45. The summed E-state index contributed by atoms with van der Waals surface area (Å²) in [5.41, 5.74) is 13.0. The Labute approximate surface area is 340 Å². The number of hydrogen-bond donors (Lipinski definition) is 0. The van der Waals surface area contributed by atoms with Crippen molar-refractivity contribution in [3.05, 3.63) is 218 Å². The van der Waals surface area contributed by atoms with E-state index in [-0.39, 0.29) is 0 Å². The van der Waals surface area contributed by atoms with E-state index in [2.05, 4.69) is 228 Å². The summed E-state index contributed by atoms with van der Waals surface area (Å²) in [6.45, 7) is 0. The molecule has 2 heterocycles. The second kappa shape index (κ2) is 14.3. The highest BCUT2D eigenvalue weighted by Gasteiger charge is 2.20. The van der Waals surface area contributed by atoms with Gasteiger partial charge in [-0.2, -0.15) is 0 Å². The molecule has 0 radical (unpaired) electrons. The Morgan fingerprint density at radius 1 is 0.310 bits per heavy atom. The third-order valence-corrected chi connectivity index (χ3v) is 12.2. The molecule has 0 spiro atoms. The molecule has 4 heteroatoms. The zero-order valence-electron chi connectivity index (χ0n) is 31.5. The number of fused-ring (bicyclic) bond motifs is 6. The number of para-hydroxylation sites is 2. The molecule has 0 N–H and O–H groups in total. The lowest BCUT2D eigenvalue weighted by Gasteiger charge is -2.26. The van der Waals surface area contributed by atoms with Crippen molar-refractivity contribution in [2.75, 3.05) is 9.80 Å². The Balaban J connectivity index is 1.02. The van der Waals surface area contributed by atoms with E-state index in [0.29, 0.717) is 0 Å². The molecule has 11 aromatic rings. The second-order valence-electron chi connectivity index (χ2n) is 14.5. The first kappa shape index (κ1) is 33.9. The predicted molar refractivity (Wildman–Crippen MR) is 247 cm³/mol. The highest BCUT2D eigenvalue weighted by molar-refractivity contribution is 7.26. The standard InChI is InChI=1S/C54H36N2OS/c1-5-14-37(15-6-1)38-24-26-42(27-25-38)55(40-18-9-3-10-19-40)43-29-32-50-48(34-43)47-31-28-45(36-51(47)57-50)56(41-20-11-4-12-21-41)44-30-33-52-49(35-44)54-46(22-13-23-53(54)58-52)39-16-7-2-8-17-39/h1-36H. The van der Waals surface area contributed by atoms with Gasteiger partial charge in [0.05, 0.1) is 0 Å². The largest absolute Gasteiger partial charge is 0.456 e. The smallest absolute Gasteiger partial charge is 0.137 e. The first-order valence-corrected chi connectivity index (χ1v) is 20.4. The van der Waals surface area contributed by atoms with Gasteiger partial charge in [0.25, 0.3) is 0 Å². The van der Waals surface area contributed by atoms with E-state index in [9.17, 15) is 0 Å². The van der Waals surface area contributed by atoms with Crippen LogP contribution in [0.2, 0.25) is 0 Å². The Kier molecular flexibility index (Phi) is 8.34. The Morgan fingerprint density at radius 2 is 0.828 bits per heavy atom. The Morgan fingerprint density at radius 3 is 1.52 bits per heavy atom. The summed E-state index contributed by atoms with van der Waals surface area (Å²) in [5.74, 6) is 0. The number of thiophene rings is 1. The van der Waals surface area contributed by atoms with Gasteiger partial charge in [0.1, 0.15) is 11.2 Å². The summed E-state index contributed by atoms with van der Waals surface area (Å²) < 4.78 is 9.23. The highest BCUT2D eigenvalue weighted by atomic mass is 32.1. The number of nitrogens with zero attached hydrogens (tertiary/aromatic N) is 2. The molecule has 0 saturated heterocycles. The van der Waals surface area contributed by atoms with Crippen molar-refractivity contribution in [1.82, 2.24) is 0 Å². The lowest BCUT2D eigenvalue weighted by molar-refractivity contribution is 0.669. The Bertz CT molecular complexity index is 3210. The van der Waals surface area contributed by atoms with Crippen molar-refractivity contribution in [3.8, 4) is 22.3 Å². The van der Waals surface area contributed by atoms with E-state index in [1.807, 2.05) is 11.3 Å². The van der Waals surface area contributed by atoms with Crippen LogP contribution in [0.4, 0.5) is 34.1 Å². The lowest BCUT2D eigenvalue weighted by Crippen LogP contribution is -2.09.